The first-order valence-electron chi connectivity index (χ1n) is 7.53. The van der Waals surface area contributed by atoms with Crippen LogP contribution < -0.4 is 5.01 Å². The van der Waals surface area contributed by atoms with Gasteiger partial charge in [-0.3, -0.25) is 4.79 Å². The molecular formula is C16H11BrN6OS2. The van der Waals surface area contributed by atoms with E-state index in [0.717, 1.165) is 15.7 Å². The number of benzene rings is 1. The predicted molar refractivity (Wildman–Crippen MR) is 106 cm³/mol. The van der Waals surface area contributed by atoms with E-state index in [1.54, 1.807) is 18.5 Å². The van der Waals surface area contributed by atoms with Gasteiger partial charge in [-0.1, -0.05) is 28.1 Å². The molecule has 4 rings (SSSR count). The van der Waals surface area contributed by atoms with Crippen molar-refractivity contribution < 1.29 is 4.79 Å². The second-order valence-corrected chi connectivity index (χ2v) is 7.97. The summed E-state index contributed by atoms with van der Waals surface area (Å²) in [6.07, 6.45) is 1.64. The number of carbonyl (C=O) groups is 1. The third-order valence-corrected chi connectivity index (χ3v) is 5.59. The van der Waals surface area contributed by atoms with Gasteiger partial charge < -0.3 is 0 Å². The molecule has 0 unspecified atom stereocenters. The summed E-state index contributed by atoms with van der Waals surface area (Å²) in [5.74, 6) is -0.264. The minimum Gasteiger partial charge on any atom is -0.269 e. The molecule has 0 N–H and O–H groups in total. The van der Waals surface area contributed by atoms with Gasteiger partial charge in [0.25, 0.3) is 5.91 Å². The van der Waals surface area contributed by atoms with E-state index < -0.39 is 6.04 Å². The molecule has 0 aliphatic carbocycles. The molecule has 3 heterocycles. The number of halogens is 1. The molecular weight excluding hydrogens is 436 g/mol. The van der Waals surface area contributed by atoms with Gasteiger partial charge in [-0.05, 0) is 19.1 Å². The van der Waals surface area contributed by atoms with Crippen molar-refractivity contribution >= 4 is 60.5 Å². The Bertz CT molecular complexity index is 996. The van der Waals surface area contributed by atoms with Crippen molar-refractivity contribution in [2.75, 3.05) is 5.01 Å². The van der Waals surface area contributed by atoms with Crippen LogP contribution in [0.25, 0.3) is 11.3 Å². The molecule has 0 spiro atoms. The number of hydrazone groups is 1. The number of amides is 1. The third-order valence-electron chi connectivity index (χ3n) is 3.59. The minimum absolute atomic E-state index is 0.264. The monoisotopic (exact) mass is 446 g/mol. The fraction of sp³-hybridized carbons (Fsp3) is 0.125. The molecule has 0 radical (unpaired) electrons. The van der Waals surface area contributed by atoms with Crippen molar-refractivity contribution in [3.8, 4) is 11.3 Å². The molecule has 130 valence electrons. The van der Waals surface area contributed by atoms with Crippen LogP contribution in [0, 0.1) is 0 Å². The maximum absolute atomic E-state index is 12.7. The van der Waals surface area contributed by atoms with Gasteiger partial charge in [-0.15, -0.1) is 27.8 Å². The Balaban J connectivity index is 1.55. The molecule has 1 aromatic carbocycles. The lowest BCUT2D eigenvalue weighted by molar-refractivity contribution is -0.117. The number of thiazole rings is 2. The van der Waals surface area contributed by atoms with Crippen LogP contribution in [-0.2, 0) is 4.79 Å². The van der Waals surface area contributed by atoms with Gasteiger partial charge in [0.05, 0.1) is 11.4 Å². The third kappa shape index (κ3) is 3.35. The van der Waals surface area contributed by atoms with E-state index in [2.05, 4.69) is 41.2 Å². The Morgan fingerprint density at radius 1 is 1.23 bits per heavy atom. The zero-order chi connectivity index (χ0) is 18.1. The first-order chi connectivity index (χ1) is 12.6. The van der Waals surface area contributed by atoms with Crippen molar-refractivity contribution in [1.29, 1.82) is 0 Å². The Hall–Kier alpha value is -2.30. The van der Waals surface area contributed by atoms with Crippen LogP contribution in [0.5, 0.6) is 0 Å². The topological polar surface area (TPSA) is 83.2 Å². The molecule has 1 amide bonds. The van der Waals surface area contributed by atoms with E-state index in [-0.39, 0.29) is 5.91 Å². The van der Waals surface area contributed by atoms with Gasteiger partial charge in [0, 0.05) is 27.0 Å². The van der Waals surface area contributed by atoms with Crippen LogP contribution in [0.15, 0.2) is 61.0 Å². The van der Waals surface area contributed by atoms with Gasteiger partial charge in [-0.2, -0.15) is 15.2 Å². The number of hydrogen-bond donors (Lipinski definition) is 0. The second kappa shape index (κ2) is 7.14. The Morgan fingerprint density at radius 3 is 2.77 bits per heavy atom. The SMILES string of the molecule is CC1=NN(c2nc(-c3ccc(Br)cc3)cs2)C(=O)[C@@H]1N=Nc1nccs1. The van der Waals surface area contributed by atoms with E-state index in [1.807, 2.05) is 29.6 Å². The minimum atomic E-state index is -0.737. The summed E-state index contributed by atoms with van der Waals surface area (Å²) in [5.41, 5.74) is 2.35. The van der Waals surface area contributed by atoms with E-state index >= 15 is 0 Å². The van der Waals surface area contributed by atoms with E-state index in [4.69, 9.17) is 0 Å². The van der Waals surface area contributed by atoms with Crippen LogP contribution in [-0.4, -0.2) is 27.6 Å². The Morgan fingerprint density at radius 2 is 2.04 bits per heavy atom. The molecule has 1 aliphatic rings. The summed E-state index contributed by atoms with van der Waals surface area (Å²) in [5, 5.41) is 18.5. The molecule has 0 saturated heterocycles. The lowest BCUT2D eigenvalue weighted by atomic mass is 10.2. The molecule has 0 fully saturated rings. The zero-order valence-electron chi connectivity index (χ0n) is 13.4. The highest BCUT2D eigenvalue weighted by Crippen LogP contribution is 2.31. The summed E-state index contributed by atoms with van der Waals surface area (Å²) in [6.45, 7) is 1.76. The van der Waals surface area contributed by atoms with Crippen LogP contribution in [0.3, 0.4) is 0 Å². The quantitative estimate of drug-likeness (QED) is 0.533. The number of rotatable bonds is 4. The normalized spacial score (nSPS) is 17.3. The number of anilines is 1. The average Bonchev–Trinajstić information content (AvgIpc) is 3.36. The van der Waals surface area contributed by atoms with Gasteiger partial charge in [0.15, 0.2) is 6.04 Å². The lowest BCUT2D eigenvalue weighted by Crippen LogP contribution is -2.29. The molecule has 1 atom stereocenters. The Kier molecular flexibility index (Phi) is 4.70. The summed E-state index contributed by atoms with van der Waals surface area (Å²) < 4.78 is 1.00. The number of aromatic nitrogens is 2. The van der Waals surface area contributed by atoms with Crippen LogP contribution in [0.2, 0.25) is 0 Å². The summed E-state index contributed by atoms with van der Waals surface area (Å²) in [6, 6.07) is 7.10. The lowest BCUT2D eigenvalue weighted by Gasteiger charge is -2.07. The van der Waals surface area contributed by atoms with Crippen LogP contribution >= 0.6 is 38.6 Å². The van der Waals surface area contributed by atoms with Gasteiger partial charge in [-0.25, -0.2) is 9.97 Å². The molecule has 1 aliphatic heterocycles. The first kappa shape index (κ1) is 17.1. The number of azo groups is 1. The fourth-order valence-electron chi connectivity index (χ4n) is 2.31. The van der Waals surface area contributed by atoms with Crippen molar-refractivity contribution in [2.24, 2.45) is 15.3 Å². The molecule has 26 heavy (non-hydrogen) atoms. The zero-order valence-corrected chi connectivity index (χ0v) is 16.6. The van der Waals surface area contributed by atoms with E-state index in [0.29, 0.717) is 16.0 Å². The number of hydrogen-bond acceptors (Lipinski definition) is 8. The standard InChI is InChI=1S/C16H11BrN6OS2/c1-9-13(20-21-15-18-6-7-25-15)14(24)23(22-9)16-19-12(8-26-16)10-2-4-11(17)5-3-10/h2-8,13H,1H3/t13-/m1/s1. The van der Waals surface area contributed by atoms with Crippen molar-refractivity contribution in [2.45, 2.75) is 13.0 Å². The molecule has 3 aromatic rings. The largest absolute Gasteiger partial charge is 0.282 e. The molecule has 0 saturated carbocycles. The summed E-state index contributed by atoms with van der Waals surface area (Å²) in [7, 11) is 0. The maximum Gasteiger partial charge on any atom is 0.282 e. The maximum atomic E-state index is 12.7. The smallest absolute Gasteiger partial charge is 0.269 e. The Labute approximate surface area is 165 Å². The summed E-state index contributed by atoms with van der Waals surface area (Å²) in [4.78, 5) is 21.2. The second-order valence-electron chi connectivity index (χ2n) is 5.35. The van der Waals surface area contributed by atoms with Crippen molar-refractivity contribution in [3.05, 3.63) is 45.7 Å². The molecule has 10 heteroatoms. The molecule has 7 nitrogen and oxygen atoms in total. The van der Waals surface area contributed by atoms with Gasteiger partial charge in [0.1, 0.15) is 0 Å². The summed E-state index contributed by atoms with van der Waals surface area (Å²) >= 11 is 6.14. The van der Waals surface area contributed by atoms with E-state index in [1.165, 1.54) is 27.7 Å². The van der Waals surface area contributed by atoms with Gasteiger partial charge in [0.2, 0.25) is 10.3 Å². The fourth-order valence-corrected chi connectivity index (χ4v) is 3.82. The van der Waals surface area contributed by atoms with Crippen molar-refractivity contribution in [3.63, 3.8) is 0 Å². The van der Waals surface area contributed by atoms with E-state index in [9.17, 15) is 4.79 Å². The molecule has 0 bridgehead atoms. The number of nitrogens with zero attached hydrogens (tertiary/aromatic N) is 6. The highest BCUT2D eigenvalue weighted by atomic mass is 79.9. The average molecular weight is 447 g/mol. The molecule has 2 aromatic heterocycles. The first-order valence-corrected chi connectivity index (χ1v) is 10.1. The predicted octanol–water partition coefficient (Wildman–Crippen LogP) is 4.90. The highest BCUT2D eigenvalue weighted by Gasteiger charge is 2.36. The number of carbonyl (C=O) groups excluding carboxylic acids is 1. The highest BCUT2D eigenvalue weighted by molar-refractivity contribution is 9.10. The van der Waals surface area contributed by atoms with Crippen LogP contribution in [0.1, 0.15) is 6.92 Å². The van der Waals surface area contributed by atoms with Crippen molar-refractivity contribution in [1.82, 2.24) is 9.97 Å². The van der Waals surface area contributed by atoms with Crippen LogP contribution in [0.4, 0.5) is 10.3 Å². The van der Waals surface area contributed by atoms with Gasteiger partial charge >= 0.3 is 0 Å².